The van der Waals surface area contributed by atoms with Gasteiger partial charge in [0.2, 0.25) is 11.6 Å². The van der Waals surface area contributed by atoms with Gasteiger partial charge in [0.15, 0.2) is 0 Å². The van der Waals surface area contributed by atoms with Gasteiger partial charge in [-0.15, -0.1) is 0 Å². The predicted octanol–water partition coefficient (Wildman–Crippen LogP) is 13.7. The van der Waals surface area contributed by atoms with Crippen molar-refractivity contribution in [3.63, 3.8) is 0 Å². The topological polar surface area (TPSA) is 74.6 Å². The molecule has 0 fully saturated rings. The number of rotatable bonds is 38. The molecule has 0 amide bonds. The lowest BCUT2D eigenvalue weighted by Gasteiger charge is -2.59. The molecule has 0 spiro atoms. The van der Waals surface area contributed by atoms with Crippen molar-refractivity contribution in [1.29, 1.82) is 0 Å². The molecule has 0 aliphatic rings. The van der Waals surface area contributed by atoms with Gasteiger partial charge in [-0.25, -0.2) is 0 Å². The molecule has 2 N–H and O–H groups in total. The molecule has 0 saturated carbocycles. The lowest BCUT2D eigenvalue weighted by atomic mass is 9.86. The molecule has 51 heavy (non-hydrogen) atoms. The van der Waals surface area contributed by atoms with E-state index in [0.29, 0.717) is 0 Å². The van der Waals surface area contributed by atoms with Crippen LogP contribution in [0.2, 0.25) is 0 Å². The quantitative estimate of drug-likeness (QED) is 0.0378. The van der Waals surface area contributed by atoms with E-state index in [0.717, 1.165) is 38.5 Å². The summed E-state index contributed by atoms with van der Waals surface area (Å²) in [5, 5.41) is 24.1. The van der Waals surface area contributed by atoms with Crippen LogP contribution in [0.4, 0.5) is 0 Å². The average Bonchev–Trinajstić information content (AvgIpc) is 3.07. The van der Waals surface area contributed by atoms with Crippen molar-refractivity contribution in [2.24, 2.45) is 0 Å². The summed E-state index contributed by atoms with van der Waals surface area (Å²) < 4.78 is -0.352. The lowest BCUT2D eigenvalue weighted by molar-refractivity contribution is -1.07. The maximum absolute atomic E-state index is 13.7. The molecule has 0 aromatic heterocycles. The van der Waals surface area contributed by atoms with Gasteiger partial charge < -0.3 is 10.2 Å². The van der Waals surface area contributed by atoms with E-state index in [4.69, 9.17) is 0 Å². The van der Waals surface area contributed by atoms with Crippen LogP contribution in [0.15, 0.2) is 0 Å². The van der Waals surface area contributed by atoms with E-state index in [1.165, 1.54) is 154 Å². The fraction of sp³-hybridized carbons (Fsp3) is 0.957. The van der Waals surface area contributed by atoms with Gasteiger partial charge in [0.25, 0.3) is 11.4 Å². The van der Waals surface area contributed by atoms with Crippen LogP contribution < -0.4 is 0 Å². The second-order valence-electron chi connectivity index (χ2n) is 17.3. The lowest BCUT2D eigenvalue weighted by Crippen LogP contribution is -2.82. The first kappa shape index (κ1) is 50.2. The smallest absolute Gasteiger partial charge is 0.261 e. The van der Waals surface area contributed by atoms with Crippen LogP contribution in [-0.4, -0.2) is 49.8 Å². The molecule has 5 nitrogen and oxygen atoms in total. The molecule has 0 bridgehead atoms. The molecule has 2 atom stereocenters. The summed E-state index contributed by atoms with van der Waals surface area (Å²) in [7, 11) is 0. The van der Waals surface area contributed by atoms with E-state index in [-0.39, 0.29) is 41.0 Å². The molecule has 0 saturated heterocycles. The van der Waals surface area contributed by atoms with Crippen LogP contribution in [0.1, 0.15) is 261 Å². The Morgan fingerprint density at radius 1 is 0.392 bits per heavy atom. The van der Waals surface area contributed by atoms with Crippen LogP contribution in [0.5, 0.6) is 0 Å². The van der Waals surface area contributed by atoms with Crippen molar-refractivity contribution >= 4 is 11.6 Å². The van der Waals surface area contributed by atoms with Crippen LogP contribution in [0, 0.1) is 0 Å². The summed E-state index contributed by atoms with van der Waals surface area (Å²) in [5.41, 5.74) is -3.74. The summed E-state index contributed by atoms with van der Waals surface area (Å²) in [4.78, 5) is 27.5. The number of aliphatic hydroxyl groups is 2. The molecular weight excluding hydrogens is 631 g/mol. The Kier molecular flexibility index (Phi) is 30.1. The zero-order chi connectivity index (χ0) is 38.4. The normalized spacial score (nSPS) is 14.7. The molecule has 0 aliphatic heterocycles. The van der Waals surface area contributed by atoms with E-state index >= 15 is 0 Å². The van der Waals surface area contributed by atoms with Gasteiger partial charge in [0.1, 0.15) is 0 Å². The second kappa shape index (κ2) is 30.5. The molecule has 0 heterocycles. The number of quaternary nitrogens is 1. The zero-order valence-electron chi connectivity index (χ0n) is 35.9. The van der Waals surface area contributed by atoms with Crippen molar-refractivity contribution in [2.45, 2.75) is 284 Å². The standard InChI is InChI=1S/C46H92NO4/c1-9-11-13-15-17-19-21-23-25-27-29-31-33-35-37-39-43(48)45(7,50)47(41(3)4,42(5)6)46(8,51)44(49)40-38-36-34-32-30-28-26-24-22-20-18-16-14-12-10-2/h41-42,50-51H,9-40H2,1-8H3/q+1. The van der Waals surface area contributed by atoms with E-state index < -0.39 is 11.4 Å². The summed E-state index contributed by atoms with van der Waals surface area (Å²) in [6.07, 6.45) is 38.4. The molecule has 0 aliphatic carbocycles. The molecule has 0 aromatic rings. The van der Waals surface area contributed by atoms with Crippen LogP contribution >= 0.6 is 0 Å². The van der Waals surface area contributed by atoms with Gasteiger partial charge in [-0.3, -0.25) is 14.1 Å². The highest BCUT2D eigenvalue weighted by molar-refractivity contribution is 5.88. The third-order valence-corrected chi connectivity index (χ3v) is 12.1. The Bertz CT molecular complexity index is 765. The van der Waals surface area contributed by atoms with E-state index in [1.54, 1.807) is 13.8 Å². The summed E-state index contributed by atoms with van der Waals surface area (Å²) in [5.74, 6) is -0.528. The third kappa shape index (κ3) is 19.4. The van der Waals surface area contributed by atoms with Crippen LogP contribution in [0.25, 0.3) is 0 Å². The first-order valence-corrected chi connectivity index (χ1v) is 22.7. The highest BCUT2D eigenvalue weighted by atomic mass is 16.4. The van der Waals surface area contributed by atoms with Gasteiger partial charge in [-0.1, -0.05) is 194 Å². The highest BCUT2D eigenvalue weighted by Crippen LogP contribution is 2.42. The fourth-order valence-corrected chi connectivity index (χ4v) is 9.23. The van der Waals surface area contributed by atoms with E-state index in [2.05, 4.69) is 13.8 Å². The minimum absolute atomic E-state index is 0.264. The highest BCUT2D eigenvalue weighted by Gasteiger charge is 2.66. The third-order valence-electron chi connectivity index (χ3n) is 12.1. The Morgan fingerprint density at radius 2 is 0.569 bits per heavy atom. The van der Waals surface area contributed by atoms with Crippen molar-refractivity contribution in [3.8, 4) is 0 Å². The Hall–Kier alpha value is -0.780. The molecule has 0 radical (unpaired) electrons. The van der Waals surface area contributed by atoms with E-state index in [9.17, 15) is 19.8 Å². The minimum atomic E-state index is -1.87. The molecular formula is C46H92NO4+. The van der Waals surface area contributed by atoms with Crippen LogP contribution in [-0.2, 0) is 9.59 Å². The monoisotopic (exact) mass is 723 g/mol. The minimum Gasteiger partial charge on any atom is -0.336 e. The first-order chi connectivity index (χ1) is 24.3. The Morgan fingerprint density at radius 3 is 0.745 bits per heavy atom. The number of carbonyl (C=O) groups excluding carboxylic acids is 2. The summed E-state index contributed by atoms with van der Waals surface area (Å²) >= 11 is 0. The molecule has 2 unspecified atom stereocenters. The number of unbranched alkanes of at least 4 members (excludes halogenated alkanes) is 28. The largest absolute Gasteiger partial charge is 0.336 e. The fourth-order valence-electron chi connectivity index (χ4n) is 9.23. The van der Waals surface area contributed by atoms with Gasteiger partial charge in [-0.2, -0.15) is 0 Å². The van der Waals surface area contributed by atoms with E-state index in [1.807, 2.05) is 27.7 Å². The number of Topliss-reactive ketones (excluding diaryl/α,β-unsaturated/α-hetero) is 2. The molecule has 0 rings (SSSR count). The van der Waals surface area contributed by atoms with Gasteiger partial charge in [0, 0.05) is 26.7 Å². The molecule has 0 aromatic carbocycles. The number of hydrogen-bond donors (Lipinski definition) is 2. The van der Waals surface area contributed by atoms with Crippen molar-refractivity contribution in [1.82, 2.24) is 0 Å². The van der Waals surface area contributed by atoms with Gasteiger partial charge in [-0.05, 0) is 40.5 Å². The average molecular weight is 723 g/mol. The van der Waals surface area contributed by atoms with Crippen molar-refractivity contribution < 1.29 is 24.3 Å². The maximum atomic E-state index is 13.7. The van der Waals surface area contributed by atoms with Gasteiger partial charge in [0.05, 0.1) is 12.1 Å². The number of nitrogens with zero attached hydrogens (tertiary/aromatic N) is 1. The maximum Gasteiger partial charge on any atom is 0.261 e. The summed E-state index contributed by atoms with van der Waals surface area (Å²) in [6, 6.07) is -0.657. The predicted molar refractivity (Wildman–Crippen MR) is 221 cm³/mol. The Labute approximate surface area is 319 Å². The van der Waals surface area contributed by atoms with Crippen molar-refractivity contribution in [3.05, 3.63) is 0 Å². The number of carbonyl (C=O) groups is 2. The van der Waals surface area contributed by atoms with Crippen molar-refractivity contribution in [2.75, 3.05) is 0 Å². The van der Waals surface area contributed by atoms with Gasteiger partial charge >= 0.3 is 0 Å². The second-order valence-corrected chi connectivity index (χ2v) is 17.3. The number of hydrogen-bond acceptors (Lipinski definition) is 4. The number of ketones is 2. The van der Waals surface area contributed by atoms with Crippen LogP contribution in [0.3, 0.4) is 0 Å². The molecule has 304 valence electrons. The zero-order valence-corrected chi connectivity index (χ0v) is 35.9. The SMILES string of the molecule is CCCCCCCCCCCCCCCCCC(=O)C(C)(O)[N+](C(C)C)(C(C)C)C(C)(O)C(=O)CCCCCCCCCCCCCCCCC. The Balaban J connectivity index is 4.59. The first-order valence-electron chi connectivity index (χ1n) is 22.7. The summed E-state index contributed by atoms with van der Waals surface area (Å²) in [6.45, 7) is 15.3. The molecule has 5 heteroatoms.